The lowest BCUT2D eigenvalue weighted by Crippen LogP contribution is -2.34. The van der Waals surface area contributed by atoms with Crippen LogP contribution in [-0.4, -0.2) is 32.8 Å². The molecule has 2 atom stereocenters. The summed E-state index contributed by atoms with van der Waals surface area (Å²) in [6, 6.07) is 10.1. The molecule has 0 aliphatic rings. The highest BCUT2D eigenvalue weighted by Gasteiger charge is 2.19. The standard InChI is InChI=1S/C18H20FN5O/c1-2-14(25-16-8-4-3-7-15(16)19)11-21-17(18-22-12-23-24-18)13-6-5-9-20-10-13/h3-10,12,14,17,21H,2,11H2,1H3,(H,22,23,24). The molecule has 6 nitrogen and oxygen atoms in total. The molecule has 2 N–H and O–H groups in total. The molecule has 2 aromatic heterocycles. The molecule has 0 spiro atoms. The van der Waals surface area contributed by atoms with Gasteiger partial charge in [0.2, 0.25) is 0 Å². The number of aromatic amines is 1. The number of benzene rings is 1. The molecule has 0 radical (unpaired) electrons. The Labute approximate surface area is 145 Å². The maximum absolute atomic E-state index is 13.8. The van der Waals surface area contributed by atoms with E-state index in [-0.39, 0.29) is 23.7 Å². The van der Waals surface area contributed by atoms with Gasteiger partial charge in [-0.1, -0.05) is 25.1 Å². The second-order valence-electron chi connectivity index (χ2n) is 5.58. The Hall–Kier alpha value is -2.80. The summed E-state index contributed by atoms with van der Waals surface area (Å²) >= 11 is 0. The summed E-state index contributed by atoms with van der Waals surface area (Å²) in [6.07, 6.45) is 5.51. The van der Waals surface area contributed by atoms with Crippen LogP contribution in [-0.2, 0) is 0 Å². The first-order valence-electron chi connectivity index (χ1n) is 8.17. The molecule has 0 fully saturated rings. The molecule has 25 heavy (non-hydrogen) atoms. The molecule has 1 aromatic carbocycles. The summed E-state index contributed by atoms with van der Waals surface area (Å²) in [5.41, 5.74) is 0.958. The largest absolute Gasteiger partial charge is 0.486 e. The zero-order chi connectivity index (χ0) is 17.5. The van der Waals surface area contributed by atoms with Crippen LogP contribution in [0.25, 0.3) is 0 Å². The van der Waals surface area contributed by atoms with Crippen LogP contribution in [0.15, 0.2) is 55.1 Å². The molecule has 0 aliphatic carbocycles. The minimum Gasteiger partial charge on any atom is -0.486 e. The van der Waals surface area contributed by atoms with Crippen molar-refractivity contribution >= 4 is 0 Å². The number of hydrogen-bond acceptors (Lipinski definition) is 5. The van der Waals surface area contributed by atoms with E-state index in [1.54, 1.807) is 30.6 Å². The number of nitrogens with zero attached hydrogens (tertiary/aromatic N) is 3. The summed E-state index contributed by atoms with van der Waals surface area (Å²) in [7, 11) is 0. The SMILES string of the molecule is CCC(CNC(c1cccnc1)c1ncn[nH]1)Oc1ccccc1F. The van der Waals surface area contributed by atoms with Crippen LogP contribution in [0.5, 0.6) is 5.75 Å². The topological polar surface area (TPSA) is 75.7 Å². The third-order valence-electron chi connectivity index (χ3n) is 3.86. The lowest BCUT2D eigenvalue weighted by Gasteiger charge is -2.22. The first-order chi connectivity index (χ1) is 12.3. The van der Waals surface area contributed by atoms with Gasteiger partial charge in [-0.2, -0.15) is 5.10 Å². The number of pyridine rings is 1. The number of hydrogen-bond donors (Lipinski definition) is 2. The predicted octanol–water partition coefficient (Wildman–Crippen LogP) is 2.88. The van der Waals surface area contributed by atoms with Gasteiger partial charge in [0.15, 0.2) is 11.6 Å². The molecule has 2 heterocycles. The van der Waals surface area contributed by atoms with E-state index in [9.17, 15) is 4.39 Å². The fourth-order valence-corrected chi connectivity index (χ4v) is 2.51. The highest BCUT2D eigenvalue weighted by Crippen LogP contribution is 2.20. The zero-order valence-corrected chi connectivity index (χ0v) is 13.9. The quantitative estimate of drug-likeness (QED) is 0.659. The lowest BCUT2D eigenvalue weighted by molar-refractivity contribution is 0.182. The average molecular weight is 341 g/mol. The third kappa shape index (κ3) is 4.39. The number of halogens is 1. The van der Waals surface area contributed by atoms with E-state index >= 15 is 0 Å². The predicted molar refractivity (Wildman–Crippen MR) is 91.6 cm³/mol. The van der Waals surface area contributed by atoms with Gasteiger partial charge in [-0.15, -0.1) is 0 Å². The van der Waals surface area contributed by atoms with E-state index in [0.29, 0.717) is 12.4 Å². The Bertz CT molecular complexity index is 766. The van der Waals surface area contributed by atoms with Gasteiger partial charge in [-0.25, -0.2) is 9.37 Å². The summed E-state index contributed by atoms with van der Waals surface area (Å²) in [4.78, 5) is 8.40. The molecule has 2 unspecified atom stereocenters. The van der Waals surface area contributed by atoms with Gasteiger partial charge in [-0.05, 0) is 30.2 Å². The molecule has 0 amide bonds. The fraction of sp³-hybridized carbons (Fsp3) is 0.278. The van der Waals surface area contributed by atoms with Gasteiger partial charge < -0.3 is 4.74 Å². The number of para-hydroxylation sites is 1. The molecule has 0 aliphatic heterocycles. The van der Waals surface area contributed by atoms with Crippen molar-refractivity contribution in [3.8, 4) is 5.75 Å². The van der Waals surface area contributed by atoms with Gasteiger partial charge in [0.05, 0.1) is 6.04 Å². The minimum atomic E-state index is -0.361. The van der Waals surface area contributed by atoms with Crippen molar-refractivity contribution in [1.82, 2.24) is 25.5 Å². The Morgan fingerprint density at radius 3 is 2.80 bits per heavy atom. The molecule has 130 valence electrons. The van der Waals surface area contributed by atoms with Gasteiger partial charge in [0, 0.05) is 18.9 Å². The number of nitrogens with one attached hydrogen (secondary N) is 2. The van der Waals surface area contributed by atoms with E-state index < -0.39 is 0 Å². The molecule has 0 bridgehead atoms. The maximum atomic E-state index is 13.8. The number of rotatable bonds is 8. The van der Waals surface area contributed by atoms with Gasteiger partial charge >= 0.3 is 0 Å². The van der Waals surface area contributed by atoms with Gasteiger partial charge in [0.25, 0.3) is 0 Å². The van der Waals surface area contributed by atoms with Crippen molar-refractivity contribution < 1.29 is 9.13 Å². The van der Waals surface area contributed by atoms with Crippen LogP contribution in [0.2, 0.25) is 0 Å². The van der Waals surface area contributed by atoms with Crippen molar-refractivity contribution in [3.05, 3.63) is 72.3 Å². The lowest BCUT2D eigenvalue weighted by atomic mass is 10.1. The van der Waals surface area contributed by atoms with Crippen molar-refractivity contribution in [2.75, 3.05) is 6.54 Å². The van der Waals surface area contributed by atoms with Crippen LogP contribution in [0, 0.1) is 5.82 Å². The first-order valence-corrected chi connectivity index (χ1v) is 8.17. The van der Waals surface area contributed by atoms with E-state index in [1.807, 2.05) is 19.1 Å². The van der Waals surface area contributed by atoms with E-state index in [2.05, 4.69) is 25.5 Å². The van der Waals surface area contributed by atoms with Crippen molar-refractivity contribution in [2.45, 2.75) is 25.5 Å². The maximum Gasteiger partial charge on any atom is 0.165 e. The van der Waals surface area contributed by atoms with Crippen LogP contribution < -0.4 is 10.1 Å². The minimum absolute atomic E-state index is 0.181. The smallest absolute Gasteiger partial charge is 0.165 e. The van der Waals surface area contributed by atoms with E-state index in [1.165, 1.54) is 12.4 Å². The molecule has 3 rings (SSSR count). The van der Waals surface area contributed by atoms with Gasteiger partial charge in [0.1, 0.15) is 18.3 Å². The van der Waals surface area contributed by atoms with E-state index in [0.717, 1.165) is 12.0 Å². The Kier molecular flexibility index (Phi) is 5.69. The summed E-state index contributed by atoms with van der Waals surface area (Å²) in [5.74, 6) is 0.586. The summed E-state index contributed by atoms with van der Waals surface area (Å²) in [6.45, 7) is 2.52. The monoisotopic (exact) mass is 341 g/mol. The Morgan fingerprint density at radius 2 is 2.12 bits per heavy atom. The van der Waals surface area contributed by atoms with Crippen LogP contribution >= 0.6 is 0 Å². The van der Waals surface area contributed by atoms with E-state index in [4.69, 9.17) is 4.74 Å². The second kappa shape index (κ2) is 8.34. The Morgan fingerprint density at radius 1 is 1.24 bits per heavy atom. The highest BCUT2D eigenvalue weighted by atomic mass is 19.1. The highest BCUT2D eigenvalue weighted by molar-refractivity contribution is 5.24. The fourth-order valence-electron chi connectivity index (χ4n) is 2.51. The van der Waals surface area contributed by atoms with Crippen LogP contribution in [0.1, 0.15) is 30.8 Å². The molecule has 0 saturated heterocycles. The average Bonchev–Trinajstić information content (AvgIpc) is 3.18. The first kappa shape index (κ1) is 17.0. The summed E-state index contributed by atoms with van der Waals surface area (Å²) in [5, 5.41) is 10.2. The normalized spacial score (nSPS) is 13.4. The van der Waals surface area contributed by atoms with Crippen LogP contribution in [0.4, 0.5) is 4.39 Å². The number of aromatic nitrogens is 4. The molecular weight excluding hydrogens is 321 g/mol. The number of H-pyrrole nitrogens is 1. The zero-order valence-electron chi connectivity index (χ0n) is 13.9. The second-order valence-corrected chi connectivity index (χ2v) is 5.58. The van der Waals surface area contributed by atoms with Gasteiger partial charge in [-0.3, -0.25) is 15.4 Å². The van der Waals surface area contributed by atoms with Crippen LogP contribution in [0.3, 0.4) is 0 Å². The molecule has 0 saturated carbocycles. The third-order valence-corrected chi connectivity index (χ3v) is 3.86. The van der Waals surface area contributed by atoms with Crippen molar-refractivity contribution in [3.63, 3.8) is 0 Å². The number of ether oxygens (including phenoxy) is 1. The molecule has 7 heteroatoms. The molecule has 3 aromatic rings. The van der Waals surface area contributed by atoms with Crippen molar-refractivity contribution in [2.24, 2.45) is 0 Å². The molecular formula is C18H20FN5O. The van der Waals surface area contributed by atoms with Crippen molar-refractivity contribution in [1.29, 1.82) is 0 Å². The Balaban J connectivity index is 1.70. The summed E-state index contributed by atoms with van der Waals surface area (Å²) < 4.78 is 19.6.